The minimum atomic E-state index is 0.114. The van der Waals surface area contributed by atoms with Gasteiger partial charge in [0.05, 0.1) is 24.3 Å². The summed E-state index contributed by atoms with van der Waals surface area (Å²) >= 11 is 0. The summed E-state index contributed by atoms with van der Waals surface area (Å²) in [6, 6.07) is 19.0. The van der Waals surface area contributed by atoms with Crippen molar-refractivity contribution in [3.63, 3.8) is 0 Å². The summed E-state index contributed by atoms with van der Waals surface area (Å²) in [5, 5.41) is 4.57. The summed E-state index contributed by atoms with van der Waals surface area (Å²) < 4.78 is 5.92. The molecule has 0 spiro atoms. The molecule has 2 aromatic carbocycles. The number of ether oxygens (including phenoxy) is 1. The number of aromatic nitrogens is 3. The van der Waals surface area contributed by atoms with Crippen molar-refractivity contribution in [1.82, 2.24) is 19.9 Å². The number of morpholine rings is 1. The first kappa shape index (κ1) is 24.3. The number of hydrogen-bond donors (Lipinski definition) is 1. The molecule has 36 heavy (non-hydrogen) atoms. The molecular weight excluding hydrogens is 446 g/mol. The largest absolute Gasteiger partial charge is 0.373 e. The first-order valence-corrected chi connectivity index (χ1v) is 12.7. The molecule has 0 saturated carbocycles. The Bertz CT molecular complexity index is 1320. The quantitative estimate of drug-likeness (QED) is 0.359. The van der Waals surface area contributed by atoms with E-state index in [1.165, 1.54) is 5.56 Å². The Morgan fingerprint density at radius 3 is 2.36 bits per heavy atom. The highest BCUT2D eigenvalue weighted by Crippen LogP contribution is 2.30. The number of anilines is 2. The molecule has 1 N–H and O–H groups in total. The molecule has 2 aromatic heterocycles. The average molecular weight is 482 g/mol. The number of rotatable bonds is 5. The van der Waals surface area contributed by atoms with Gasteiger partial charge in [0, 0.05) is 42.1 Å². The molecule has 1 aliphatic heterocycles. The van der Waals surface area contributed by atoms with Crippen LogP contribution in [0.1, 0.15) is 46.0 Å². The molecule has 3 heterocycles. The number of hydrogen-bond acceptors (Lipinski definition) is 6. The van der Waals surface area contributed by atoms with Crippen molar-refractivity contribution in [2.45, 2.75) is 58.8 Å². The van der Waals surface area contributed by atoms with Crippen molar-refractivity contribution < 1.29 is 4.74 Å². The van der Waals surface area contributed by atoms with Gasteiger partial charge in [-0.3, -0.25) is 9.88 Å². The van der Waals surface area contributed by atoms with Crippen molar-refractivity contribution in [2.24, 2.45) is 0 Å². The predicted molar refractivity (Wildman–Crippen MR) is 146 cm³/mol. The Kier molecular flexibility index (Phi) is 6.73. The molecule has 1 saturated heterocycles. The Balaban J connectivity index is 1.52. The van der Waals surface area contributed by atoms with E-state index >= 15 is 0 Å². The first-order valence-electron chi connectivity index (χ1n) is 12.7. The van der Waals surface area contributed by atoms with E-state index < -0.39 is 0 Å². The molecule has 6 heteroatoms. The highest BCUT2D eigenvalue weighted by molar-refractivity contribution is 5.93. The van der Waals surface area contributed by atoms with Gasteiger partial charge in [-0.2, -0.15) is 0 Å². The van der Waals surface area contributed by atoms with Crippen LogP contribution in [0.3, 0.4) is 0 Å². The van der Waals surface area contributed by atoms with Crippen molar-refractivity contribution in [3.05, 3.63) is 78.4 Å². The minimum absolute atomic E-state index is 0.114. The summed E-state index contributed by atoms with van der Waals surface area (Å²) in [6.07, 6.45) is 4.08. The summed E-state index contributed by atoms with van der Waals surface area (Å²) in [7, 11) is 0. The molecule has 0 amide bonds. The molecule has 4 aromatic rings. The average Bonchev–Trinajstić information content (AvgIpc) is 2.83. The second kappa shape index (κ2) is 9.96. The lowest BCUT2D eigenvalue weighted by Gasteiger charge is -2.34. The Labute approximate surface area is 213 Å². The van der Waals surface area contributed by atoms with Gasteiger partial charge >= 0.3 is 0 Å². The summed E-state index contributed by atoms with van der Waals surface area (Å²) in [6.45, 7) is 13.4. The standard InChI is InChI=1S/C30H35N5O/c1-20-17-35(18-21(2)36-20)19-28-33-27-15-22(23-7-6-14-31-16-23)8-13-26(27)29(34-28)32-25-11-9-24(10-12-25)30(3,4)5/h6-16,20-21H,17-19H2,1-5H3,(H,32,33,34)/t20-,21+. The van der Waals surface area contributed by atoms with E-state index in [-0.39, 0.29) is 17.6 Å². The van der Waals surface area contributed by atoms with Gasteiger partial charge < -0.3 is 10.1 Å². The molecule has 0 unspecified atom stereocenters. The maximum Gasteiger partial charge on any atom is 0.145 e. The number of nitrogens with zero attached hydrogens (tertiary/aromatic N) is 4. The van der Waals surface area contributed by atoms with Crippen molar-refractivity contribution in [3.8, 4) is 11.1 Å². The van der Waals surface area contributed by atoms with Crippen LogP contribution >= 0.6 is 0 Å². The van der Waals surface area contributed by atoms with Crippen molar-refractivity contribution in [2.75, 3.05) is 18.4 Å². The second-order valence-corrected chi connectivity index (χ2v) is 10.9. The molecule has 0 radical (unpaired) electrons. The summed E-state index contributed by atoms with van der Waals surface area (Å²) in [4.78, 5) is 16.7. The zero-order valence-electron chi connectivity index (χ0n) is 21.8. The minimum Gasteiger partial charge on any atom is -0.373 e. The fourth-order valence-corrected chi connectivity index (χ4v) is 4.86. The van der Waals surface area contributed by atoms with Crippen LogP contribution in [0.5, 0.6) is 0 Å². The lowest BCUT2D eigenvalue weighted by Crippen LogP contribution is -2.45. The lowest BCUT2D eigenvalue weighted by molar-refractivity contribution is -0.0710. The molecule has 0 bridgehead atoms. The van der Waals surface area contributed by atoms with Crippen LogP contribution in [0.15, 0.2) is 67.0 Å². The zero-order chi connectivity index (χ0) is 25.3. The molecule has 1 aliphatic rings. The maximum absolute atomic E-state index is 5.92. The smallest absolute Gasteiger partial charge is 0.145 e. The Morgan fingerprint density at radius 1 is 0.944 bits per heavy atom. The normalized spacial score (nSPS) is 18.9. The van der Waals surface area contributed by atoms with Crippen molar-refractivity contribution in [1.29, 1.82) is 0 Å². The fraction of sp³-hybridized carbons (Fsp3) is 0.367. The van der Waals surface area contributed by atoms with Crippen LogP contribution < -0.4 is 5.32 Å². The number of pyridine rings is 1. The number of fused-ring (bicyclic) bond motifs is 1. The van der Waals surface area contributed by atoms with E-state index in [0.717, 1.165) is 52.4 Å². The highest BCUT2D eigenvalue weighted by atomic mass is 16.5. The number of nitrogens with one attached hydrogen (secondary N) is 1. The topological polar surface area (TPSA) is 63.2 Å². The molecule has 2 atom stereocenters. The maximum atomic E-state index is 5.92. The van der Waals surface area contributed by atoms with Crippen LogP contribution in [-0.4, -0.2) is 45.1 Å². The SMILES string of the molecule is C[C@@H]1CN(Cc2nc(Nc3ccc(C(C)(C)C)cc3)c3ccc(-c4cccnc4)cc3n2)C[C@H](C)O1. The van der Waals surface area contributed by atoms with E-state index in [2.05, 4.69) is 98.4 Å². The molecule has 186 valence electrons. The van der Waals surface area contributed by atoms with E-state index in [0.29, 0.717) is 6.54 Å². The van der Waals surface area contributed by atoms with E-state index in [1.54, 1.807) is 6.20 Å². The van der Waals surface area contributed by atoms with Gasteiger partial charge in [-0.05, 0) is 60.7 Å². The predicted octanol–water partition coefficient (Wildman–Crippen LogP) is 6.34. The third-order valence-electron chi connectivity index (χ3n) is 6.61. The van der Waals surface area contributed by atoms with Crippen molar-refractivity contribution >= 4 is 22.4 Å². The van der Waals surface area contributed by atoms with E-state index in [1.807, 2.05) is 12.3 Å². The van der Waals surface area contributed by atoms with Gasteiger partial charge in [0.2, 0.25) is 0 Å². The van der Waals surface area contributed by atoms with Gasteiger partial charge in [0.25, 0.3) is 0 Å². The Hall–Kier alpha value is -3.35. The third-order valence-corrected chi connectivity index (χ3v) is 6.61. The van der Waals surface area contributed by atoms with Crippen LogP contribution in [0, 0.1) is 0 Å². The summed E-state index contributed by atoms with van der Waals surface area (Å²) in [5.74, 6) is 1.63. The molecule has 0 aliphatic carbocycles. The second-order valence-electron chi connectivity index (χ2n) is 10.9. The van der Waals surface area contributed by atoms with Gasteiger partial charge in [0.15, 0.2) is 0 Å². The van der Waals surface area contributed by atoms with Crippen LogP contribution in [0.2, 0.25) is 0 Å². The molecule has 6 nitrogen and oxygen atoms in total. The van der Waals surface area contributed by atoms with Gasteiger partial charge in [-0.1, -0.05) is 45.0 Å². The molecule has 5 rings (SSSR count). The van der Waals surface area contributed by atoms with Crippen LogP contribution in [-0.2, 0) is 16.7 Å². The van der Waals surface area contributed by atoms with E-state index in [4.69, 9.17) is 14.7 Å². The first-order chi connectivity index (χ1) is 17.2. The van der Waals surface area contributed by atoms with E-state index in [9.17, 15) is 0 Å². The van der Waals surface area contributed by atoms with Gasteiger partial charge in [-0.15, -0.1) is 0 Å². The van der Waals surface area contributed by atoms with Crippen LogP contribution in [0.25, 0.3) is 22.0 Å². The lowest BCUT2D eigenvalue weighted by atomic mass is 9.87. The fourth-order valence-electron chi connectivity index (χ4n) is 4.86. The monoisotopic (exact) mass is 481 g/mol. The molecule has 1 fully saturated rings. The highest BCUT2D eigenvalue weighted by Gasteiger charge is 2.23. The Morgan fingerprint density at radius 2 is 1.69 bits per heavy atom. The van der Waals surface area contributed by atoms with Gasteiger partial charge in [-0.25, -0.2) is 9.97 Å². The molecular formula is C30H35N5O. The zero-order valence-corrected chi connectivity index (χ0v) is 21.8. The van der Waals surface area contributed by atoms with Crippen LogP contribution in [0.4, 0.5) is 11.5 Å². The third kappa shape index (κ3) is 5.55. The van der Waals surface area contributed by atoms with Gasteiger partial charge in [0.1, 0.15) is 11.6 Å². The number of benzene rings is 2. The summed E-state index contributed by atoms with van der Waals surface area (Å²) in [5.41, 5.74) is 5.51.